The first kappa shape index (κ1) is 33.6. The normalized spacial score (nSPS) is 11.4. The average molecular weight is 739 g/mol. The Hall–Kier alpha value is -7.68. The molecule has 0 aliphatic carbocycles. The third-order valence-electron chi connectivity index (χ3n) is 11.6. The molecule has 0 fully saturated rings. The Kier molecular flexibility index (Phi) is 8.19. The molecule has 272 valence electrons. The Morgan fingerprint density at radius 2 is 0.793 bits per heavy atom. The van der Waals surface area contributed by atoms with Crippen LogP contribution in [0.1, 0.15) is 0 Å². The zero-order valence-electron chi connectivity index (χ0n) is 31.8. The third-order valence-corrected chi connectivity index (χ3v) is 11.6. The highest BCUT2D eigenvalue weighted by Gasteiger charge is 2.17. The average Bonchev–Trinajstić information content (AvgIpc) is 3.65. The summed E-state index contributed by atoms with van der Waals surface area (Å²) in [6, 6.07) is 83.6. The van der Waals surface area contributed by atoms with E-state index in [1.165, 1.54) is 76.7 Å². The molecule has 0 atom stereocenters. The van der Waals surface area contributed by atoms with Gasteiger partial charge in [0.15, 0.2) is 0 Å². The molecule has 0 spiro atoms. The second-order valence-electron chi connectivity index (χ2n) is 15.0. The van der Waals surface area contributed by atoms with Crippen molar-refractivity contribution in [3.63, 3.8) is 0 Å². The summed E-state index contributed by atoms with van der Waals surface area (Å²) >= 11 is 0. The second-order valence-corrected chi connectivity index (χ2v) is 15.0. The SMILES string of the molecule is c1ccc(-c2ccc(N(c3ccc(-c4ccc(-n5c6ccccc6c6c7ccccc7ccc65)cc4)cc3)c3cccc(-c4ccc5ccccc5c4)c3)cc2)cc1. The maximum Gasteiger partial charge on any atom is 0.0547 e. The Morgan fingerprint density at radius 3 is 1.52 bits per heavy atom. The van der Waals surface area contributed by atoms with E-state index in [1.54, 1.807) is 0 Å². The maximum absolute atomic E-state index is 2.40. The van der Waals surface area contributed by atoms with Gasteiger partial charge in [0, 0.05) is 33.5 Å². The van der Waals surface area contributed by atoms with Gasteiger partial charge < -0.3 is 9.47 Å². The molecule has 0 unspecified atom stereocenters. The first-order valence-corrected chi connectivity index (χ1v) is 19.9. The van der Waals surface area contributed by atoms with Crippen molar-refractivity contribution in [3.05, 3.63) is 231 Å². The van der Waals surface area contributed by atoms with Crippen molar-refractivity contribution in [2.75, 3.05) is 4.90 Å². The number of rotatable bonds is 7. The number of anilines is 3. The Balaban J connectivity index is 0.959. The fourth-order valence-electron chi connectivity index (χ4n) is 8.70. The summed E-state index contributed by atoms with van der Waals surface area (Å²) in [4.78, 5) is 2.36. The standard InChI is InChI=1S/C56H38N2/c1-2-11-39(12-3-1)41-23-30-48(31-24-41)57(51-17-10-16-46(38-51)47-22-21-40-13-4-5-15-45(40)37-47)49-32-25-42(26-33-49)43-27-34-50(35-28-43)58-54-20-9-8-19-53(54)56-52-18-7-6-14-44(52)29-36-55(56)58/h1-38H. The maximum atomic E-state index is 2.40. The van der Waals surface area contributed by atoms with E-state index in [0.717, 1.165) is 22.7 Å². The molecule has 0 saturated heterocycles. The molecular weight excluding hydrogens is 701 g/mol. The van der Waals surface area contributed by atoms with Gasteiger partial charge in [0.2, 0.25) is 0 Å². The fraction of sp³-hybridized carbons (Fsp3) is 0. The minimum Gasteiger partial charge on any atom is -0.310 e. The van der Waals surface area contributed by atoms with Crippen LogP contribution in [0.2, 0.25) is 0 Å². The lowest BCUT2D eigenvalue weighted by Gasteiger charge is -2.26. The number of benzene rings is 10. The van der Waals surface area contributed by atoms with Crippen LogP contribution >= 0.6 is 0 Å². The van der Waals surface area contributed by atoms with Crippen LogP contribution in [0.15, 0.2) is 231 Å². The molecule has 0 saturated carbocycles. The van der Waals surface area contributed by atoms with E-state index in [4.69, 9.17) is 0 Å². The Morgan fingerprint density at radius 1 is 0.276 bits per heavy atom. The molecule has 58 heavy (non-hydrogen) atoms. The van der Waals surface area contributed by atoms with Gasteiger partial charge >= 0.3 is 0 Å². The van der Waals surface area contributed by atoms with Gasteiger partial charge in [-0.2, -0.15) is 0 Å². The van der Waals surface area contributed by atoms with Crippen molar-refractivity contribution in [2.45, 2.75) is 0 Å². The molecule has 1 heterocycles. The molecule has 2 nitrogen and oxygen atoms in total. The minimum absolute atomic E-state index is 1.10. The lowest BCUT2D eigenvalue weighted by Crippen LogP contribution is -2.10. The van der Waals surface area contributed by atoms with Gasteiger partial charge in [-0.3, -0.25) is 0 Å². The van der Waals surface area contributed by atoms with Gasteiger partial charge in [0.05, 0.1) is 11.0 Å². The van der Waals surface area contributed by atoms with Crippen molar-refractivity contribution < 1.29 is 0 Å². The highest BCUT2D eigenvalue weighted by atomic mass is 15.1. The highest BCUT2D eigenvalue weighted by Crippen LogP contribution is 2.40. The number of hydrogen-bond donors (Lipinski definition) is 0. The van der Waals surface area contributed by atoms with Crippen molar-refractivity contribution in [1.82, 2.24) is 4.57 Å². The molecular formula is C56H38N2. The molecule has 0 N–H and O–H groups in total. The van der Waals surface area contributed by atoms with Crippen LogP contribution in [-0.4, -0.2) is 4.57 Å². The van der Waals surface area contributed by atoms with E-state index < -0.39 is 0 Å². The van der Waals surface area contributed by atoms with Gasteiger partial charge in [0.1, 0.15) is 0 Å². The zero-order valence-corrected chi connectivity index (χ0v) is 31.8. The summed E-state index contributed by atoms with van der Waals surface area (Å²) in [7, 11) is 0. The molecule has 2 heteroatoms. The van der Waals surface area contributed by atoms with E-state index in [9.17, 15) is 0 Å². The van der Waals surface area contributed by atoms with Crippen LogP contribution in [-0.2, 0) is 0 Å². The first-order valence-electron chi connectivity index (χ1n) is 19.9. The van der Waals surface area contributed by atoms with Crippen LogP contribution in [0.4, 0.5) is 17.1 Å². The van der Waals surface area contributed by atoms with Gasteiger partial charge in [-0.15, -0.1) is 0 Å². The highest BCUT2D eigenvalue weighted by molar-refractivity contribution is 6.21. The molecule has 0 aliphatic rings. The van der Waals surface area contributed by atoms with E-state index >= 15 is 0 Å². The van der Waals surface area contributed by atoms with Gasteiger partial charge in [-0.1, -0.05) is 164 Å². The van der Waals surface area contributed by atoms with Gasteiger partial charge in [-0.05, 0) is 122 Å². The lowest BCUT2D eigenvalue weighted by molar-refractivity contribution is 1.18. The Labute approximate surface area is 338 Å². The molecule has 0 bridgehead atoms. The van der Waals surface area contributed by atoms with Crippen LogP contribution in [0.3, 0.4) is 0 Å². The molecule has 0 amide bonds. The number of para-hydroxylation sites is 1. The topological polar surface area (TPSA) is 8.17 Å². The van der Waals surface area contributed by atoms with Crippen molar-refractivity contribution in [1.29, 1.82) is 0 Å². The smallest absolute Gasteiger partial charge is 0.0547 e. The predicted molar refractivity (Wildman–Crippen MR) is 247 cm³/mol. The van der Waals surface area contributed by atoms with Gasteiger partial charge in [-0.25, -0.2) is 0 Å². The first-order chi connectivity index (χ1) is 28.7. The van der Waals surface area contributed by atoms with E-state index in [0.29, 0.717) is 0 Å². The molecule has 11 rings (SSSR count). The predicted octanol–water partition coefficient (Wildman–Crippen LogP) is 15.6. The largest absolute Gasteiger partial charge is 0.310 e. The summed E-state index contributed by atoms with van der Waals surface area (Å²) in [5.41, 5.74) is 14.0. The van der Waals surface area contributed by atoms with Crippen molar-refractivity contribution >= 4 is 60.4 Å². The van der Waals surface area contributed by atoms with E-state index in [2.05, 4.69) is 240 Å². The summed E-state index contributed by atoms with van der Waals surface area (Å²) in [6.45, 7) is 0. The van der Waals surface area contributed by atoms with E-state index in [1.807, 2.05) is 0 Å². The number of aromatic nitrogens is 1. The quantitative estimate of drug-likeness (QED) is 0.158. The van der Waals surface area contributed by atoms with Crippen LogP contribution < -0.4 is 4.90 Å². The van der Waals surface area contributed by atoms with Crippen LogP contribution in [0.25, 0.3) is 82.4 Å². The zero-order chi connectivity index (χ0) is 38.4. The van der Waals surface area contributed by atoms with Crippen molar-refractivity contribution in [3.8, 4) is 39.1 Å². The number of fused-ring (bicyclic) bond motifs is 6. The monoisotopic (exact) mass is 738 g/mol. The summed E-state index contributed by atoms with van der Waals surface area (Å²) in [5.74, 6) is 0. The van der Waals surface area contributed by atoms with Crippen LogP contribution in [0, 0.1) is 0 Å². The fourth-order valence-corrected chi connectivity index (χ4v) is 8.70. The summed E-state index contributed by atoms with van der Waals surface area (Å²) in [6.07, 6.45) is 0. The van der Waals surface area contributed by atoms with Gasteiger partial charge in [0.25, 0.3) is 0 Å². The lowest BCUT2D eigenvalue weighted by atomic mass is 10.00. The second kappa shape index (κ2) is 14.1. The summed E-state index contributed by atoms with van der Waals surface area (Å²) in [5, 5.41) is 7.61. The number of hydrogen-bond acceptors (Lipinski definition) is 1. The van der Waals surface area contributed by atoms with Crippen LogP contribution in [0.5, 0.6) is 0 Å². The minimum atomic E-state index is 1.10. The summed E-state index contributed by atoms with van der Waals surface area (Å²) < 4.78 is 2.40. The number of nitrogens with zero attached hydrogens (tertiary/aromatic N) is 2. The van der Waals surface area contributed by atoms with E-state index in [-0.39, 0.29) is 0 Å². The molecule has 10 aromatic carbocycles. The third kappa shape index (κ3) is 5.91. The molecule has 0 radical (unpaired) electrons. The molecule has 1 aromatic heterocycles. The molecule has 11 aromatic rings. The Bertz CT molecular complexity index is 3250. The van der Waals surface area contributed by atoms with Crippen molar-refractivity contribution in [2.24, 2.45) is 0 Å². The molecule has 0 aliphatic heterocycles.